The molecule has 1 aliphatic heterocycles. The fourth-order valence-electron chi connectivity index (χ4n) is 2.97. The largest absolute Gasteiger partial charge is 0.356 e. The van der Waals surface area contributed by atoms with Gasteiger partial charge in [-0.3, -0.25) is 0 Å². The second-order valence-electron chi connectivity index (χ2n) is 6.31. The van der Waals surface area contributed by atoms with E-state index in [4.69, 9.17) is 0 Å². The number of nitrogens with zero attached hydrogens (tertiary/aromatic N) is 3. The molecule has 1 saturated heterocycles. The van der Waals surface area contributed by atoms with Crippen molar-refractivity contribution in [3.05, 3.63) is 23.9 Å². The van der Waals surface area contributed by atoms with Crippen LogP contribution in [0, 0.1) is 0 Å². The first kappa shape index (κ1) is 16.2. The van der Waals surface area contributed by atoms with Crippen molar-refractivity contribution in [1.29, 1.82) is 0 Å². The number of hydrogen-bond donors (Lipinski definition) is 1. The first-order chi connectivity index (χ1) is 10.1. The van der Waals surface area contributed by atoms with Crippen molar-refractivity contribution in [1.82, 2.24) is 15.2 Å². The minimum atomic E-state index is 0.394. The van der Waals surface area contributed by atoms with Gasteiger partial charge in [0.2, 0.25) is 0 Å². The lowest BCUT2D eigenvalue weighted by Gasteiger charge is -2.36. The predicted octanol–water partition coefficient (Wildman–Crippen LogP) is 2.67. The van der Waals surface area contributed by atoms with Gasteiger partial charge in [-0.1, -0.05) is 6.92 Å². The van der Waals surface area contributed by atoms with Crippen molar-refractivity contribution >= 4 is 5.82 Å². The Morgan fingerprint density at radius 3 is 2.71 bits per heavy atom. The van der Waals surface area contributed by atoms with E-state index in [2.05, 4.69) is 60.2 Å². The van der Waals surface area contributed by atoms with Crippen molar-refractivity contribution in [3.8, 4) is 0 Å². The topological polar surface area (TPSA) is 31.4 Å². The van der Waals surface area contributed by atoms with Gasteiger partial charge in [0.1, 0.15) is 5.82 Å². The van der Waals surface area contributed by atoms with Crippen molar-refractivity contribution in [2.24, 2.45) is 0 Å². The van der Waals surface area contributed by atoms with Crippen LogP contribution >= 0.6 is 0 Å². The predicted molar refractivity (Wildman–Crippen MR) is 89.9 cm³/mol. The van der Waals surface area contributed by atoms with Gasteiger partial charge >= 0.3 is 0 Å². The Kier molecular flexibility index (Phi) is 6.00. The van der Waals surface area contributed by atoms with Gasteiger partial charge in [0.15, 0.2) is 0 Å². The van der Waals surface area contributed by atoms with E-state index in [1.54, 1.807) is 0 Å². The van der Waals surface area contributed by atoms with Gasteiger partial charge in [-0.15, -0.1) is 0 Å². The third kappa shape index (κ3) is 4.42. The molecule has 1 fully saturated rings. The Balaban J connectivity index is 1.98. The summed E-state index contributed by atoms with van der Waals surface area (Å²) in [5.74, 6) is 1.13. The highest BCUT2D eigenvalue weighted by Gasteiger charge is 2.21. The number of rotatable bonds is 6. The average Bonchev–Trinajstić information content (AvgIpc) is 2.52. The summed E-state index contributed by atoms with van der Waals surface area (Å²) in [6, 6.07) is 5.49. The number of piperidine rings is 1. The lowest BCUT2D eigenvalue weighted by Crippen LogP contribution is -2.42. The SMILES string of the molecule is CCCNC(C)c1ccnc(N2CCC(N(C)C)CC2)c1. The summed E-state index contributed by atoms with van der Waals surface area (Å²) in [7, 11) is 4.36. The number of anilines is 1. The van der Waals surface area contributed by atoms with Crippen LogP contribution in [0.25, 0.3) is 0 Å². The quantitative estimate of drug-likeness (QED) is 0.873. The second kappa shape index (κ2) is 7.76. The molecule has 0 aliphatic carbocycles. The van der Waals surface area contributed by atoms with Gasteiger partial charge in [0.05, 0.1) is 0 Å². The second-order valence-corrected chi connectivity index (χ2v) is 6.31. The van der Waals surface area contributed by atoms with Gasteiger partial charge in [-0.2, -0.15) is 0 Å². The van der Waals surface area contributed by atoms with E-state index in [1.165, 1.54) is 24.8 Å². The summed E-state index contributed by atoms with van der Waals surface area (Å²) in [5, 5.41) is 3.55. The Labute approximate surface area is 129 Å². The monoisotopic (exact) mass is 290 g/mol. The van der Waals surface area contributed by atoms with Crippen LogP contribution in [-0.4, -0.2) is 49.7 Å². The number of pyridine rings is 1. The standard InChI is InChI=1S/C17H30N4/c1-5-9-18-14(2)15-6-10-19-17(13-15)21-11-7-16(8-12-21)20(3)4/h6,10,13-14,16,18H,5,7-9,11-12H2,1-4H3. The third-order valence-corrected chi connectivity index (χ3v) is 4.49. The summed E-state index contributed by atoms with van der Waals surface area (Å²) >= 11 is 0. The van der Waals surface area contributed by atoms with Crippen molar-refractivity contribution in [2.45, 2.75) is 45.2 Å². The average molecular weight is 290 g/mol. The van der Waals surface area contributed by atoms with E-state index in [0.29, 0.717) is 6.04 Å². The first-order valence-corrected chi connectivity index (χ1v) is 8.22. The van der Waals surface area contributed by atoms with Gasteiger partial charge in [0.25, 0.3) is 0 Å². The molecule has 1 aromatic rings. The molecular weight excluding hydrogens is 260 g/mol. The van der Waals surface area contributed by atoms with Crippen LogP contribution in [0.5, 0.6) is 0 Å². The number of nitrogens with one attached hydrogen (secondary N) is 1. The highest BCUT2D eigenvalue weighted by Crippen LogP contribution is 2.22. The molecule has 0 aromatic carbocycles. The molecule has 4 nitrogen and oxygen atoms in total. The van der Waals surface area contributed by atoms with E-state index in [1.807, 2.05) is 6.20 Å². The van der Waals surface area contributed by atoms with E-state index >= 15 is 0 Å². The van der Waals surface area contributed by atoms with Crippen LogP contribution in [0.3, 0.4) is 0 Å². The molecule has 0 spiro atoms. The van der Waals surface area contributed by atoms with Crippen LogP contribution in [0.15, 0.2) is 18.3 Å². The minimum absolute atomic E-state index is 0.394. The van der Waals surface area contributed by atoms with Crippen molar-refractivity contribution < 1.29 is 0 Å². The molecule has 1 aliphatic rings. The molecule has 4 heteroatoms. The molecular formula is C17H30N4. The highest BCUT2D eigenvalue weighted by molar-refractivity contribution is 5.42. The first-order valence-electron chi connectivity index (χ1n) is 8.22. The molecule has 1 aromatic heterocycles. The van der Waals surface area contributed by atoms with Gasteiger partial charge in [-0.25, -0.2) is 4.98 Å². The summed E-state index contributed by atoms with van der Waals surface area (Å²) < 4.78 is 0. The Bertz CT molecular complexity index is 425. The Hall–Kier alpha value is -1.13. The van der Waals surface area contributed by atoms with E-state index < -0.39 is 0 Å². The zero-order chi connectivity index (χ0) is 15.2. The molecule has 2 heterocycles. The molecule has 1 atom stereocenters. The zero-order valence-electron chi connectivity index (χ0n) is 14.0. The lowest BCUT2D eigenvalue weighted by atomic mass is 10.0. The maximum absolute atomic E-state index is 4.58. The van der Waals surface area contributed by atoms with Crippen molar-refractivity contribution in [2.75, 3.05) is 38.6 Å². The number of aromatic nitrogens is 1. The summed E-state index contributed by atoms with van der Waals surface area (Å²) in [4.78, 5) is 9.35. The van der Waals surface area contributed by atoms with Crippen LogP contribution in [-0.2, 0) is 0 Å². The van der Waals surface area contributed by atoms with E-state index in [0.717, 1.165) is 31.5 Å². The molecule has 118 valence electrons. The normalized spacial score (nSPS) is 18.2. The fraction of sp³-hybridized carbons (Fsp3) is 0.706. The minimum Gasteiger partial charge on any atom is -0.356 e. The smallest absolute Gasteiger partial charge is 0.128 e. The Morgan fingerprint density at radius 1 is 1.38 bits per heavy atom. The molecule has 0 radical (unpaired) electrons. The molecule has 0 saturated carbocycles. The van der Waals surface area contributed by atoms with Gasteiger partial charge in [-0.05, 0) is 64.5 Å². The summed E-state index contributed by atoms with van der Waals surface area (Å²) in [6.07, 6.45) is 5.57. The van der Waals surface area contributed by atoms with Crippen LogP contribution in [0.4, 0.5) is 5.82 Å². The summed E-state index contributed by atoms with van der Waals surface area (Å²) in [5.41, 5.74) is 1.34. The maximum atomic E-state index is 4.58. The van der Waals surface area contributed by atoms with E-state index in [-0.39, 0.29) is 0 Å². The fourth-order valence-corrected chi connectivity index (χ4v) is 2.97. The van der Waals surface area contributed by atoms with Gasteiger partial charge < -0.3 is 15.1 Å². The molecule has 1 unspecified atom stereocenters. The lowest BCUT2D eigenvalue weighted by molar-refractivity contribution is 0.249. The maximum Gasteiger partial charge on any atom is 0.128 e. The molecule has 1 N–H and O–H groups in total. The number of hydrogen-bond acceptors (Lipinski definition) is 4. The van der Waals surface area contributed by atoms with Gasteiger partial charge in [0, 0.05) is 31.4 Å². The summed E-state index contributed by atoms with van der Waals surface area (Å²) in [6.45, 7) is 7.71. The Morgan fingerprint density at radius 2 is 2.10 bits per heavy atom. The van der Waals surface area contributed by atoms with E-state index in [9.17, 15) is 0 Å². The zero-order valence-corrected chi connectivity index (χ0v) is 14.0. The molecule has 0 bridgehead atoms. The van der Waals surface area contributed by atoms with Crippen LogP contribution < -0.4 is 10.2 Å². The van der Waals surface area contributed by atoms with Crippen LogP contribution in [0.1, 0.15) is 44.7 Å². The third-order valence-electron chi connectivity index (χ3n) is 4.49. The van der Waals surface area contributed by atoms with Crippen LogP contribution in [0.2, 0.25) is 0 Å². The molecule has 0 amide bonds. The molecule has 2 rings (SSSR count). The highest BCUT2D eigenvalue weighted by atomic mass is 15.2. The molecule has 21 heavy (non-hydrogen) atoms. The van der Waals surface area contributed by atoms with Crippen molar-refractivity contribution in [3.63, 3.8) is 0 Å².